The van der Waals surface area contributed by atoms with E-state index in [1.54, 1.807) is 13.8 Å². The maximum atomic E-state index is 11.9. The molecular weight excluding hydrogens is 238 g/mol. The highest BCUT2D eigenvalue weighted by Crippen LogP contribution is 2.12. The average Bonchev–Trinajstić information content (AvgIpc) is 2.86. The van der Waals surface area contributed by atoms with Gasteiger partial charge in [-0.25, -0.2) is 4.79 Å². The van der Waals surface area contributed by atoms with Crippen molar-refractivity contribution in [3.05, 3.63) is 28.7 Å². The van der Waals surface area contributed by atoms with Gasteiger partial charge >= 0.3 is 5.97 Å². The molecule has 4 N–H and O–H groups in total. The maximum Gasteiger partial charge on any atom is 0.353 e. The molecule has 0 aliphatic rings. The fourth-order valence-electron chi connectivity index (χ4n) is 1.56. The van der Waals surface area contributed by atoms with Gasteiger partial charge in [0.2, 0.25) is 0 Å². The third kappa shape index (κ3) is 2.08. The van der Waals surface area contributed by atoms with Gasteiger partial charge in [-0.05, 0) is 13.8 Å². The van der Waals surface area contributed by atoms with E-state index < -0.39 is 5.97 Å². The summed E-state index contributed by atoms with van der Waals surface area (Å²) in [6, 6.07) is 1.24. The van der Waals surface area contributed by atoms with Crippen LogP contribution in [0.1, 0.15) is 32.2 Å². The Labute approximate surface area is 101 Å². The number of aromatic nitrogens is 4. The summed E-state index contributed by atoms with van der Waals surface area (Å²) in [5.74, 6) is -1.38. The molecule has 0 aromatic carbocycles. The Kier molecular flexibility index (Phi) is 2.84. The SMILES string of the molecule is Cc1n[nH]c(C)c1C(=O)Nc1cc(C(=O)O)[nH]n1. The van der Waals surface area contributed by atoms with Crippen LogP contribution in [0.25, 0.3) is 0 Å². The molecule has 0 bridgehead atoms. The van der Waals surface area contributed by atoms with E-state index in [1.807, 2.05) is 0 Å². The number of aromatic carboxylic acids is 1. The summed E-state index contributed by atoms with van der Waals surface area (Å²) in [5.41, 5.74) is 1.54. The zero-order chi connectivity index (χ0) is 13.3. The van der Waals surface area contributed by atoms with Crippen LogP contribution in [-0.2, 0) is 0 Å². The third-order valence-electron chi connectivity index (χ3n) is 2.41. The molecule has 0 spiro atoms. The Bertz CT molecular complexity index is 593. The van der Waals surface area contributed by atoms with Crippen molar-refractivity contribution in [3.63, 3.8) is 0 Å². The van der Waals surface area contributed by atoms with E-state index in [0.717, 1.165) is 0 Å². The highest BCUT2D eigenvalue weighted by Gasteiger charge is 2.17. The lowest BCUT2D eigenvalue weighted by molar-refractivity contribution is 0.0690. The van der Waals surface area contributed by atoms with Crippen molar-refractivity contribution in [2.75, 3.05) is 5.32 Å². The number of amides is 1. The fraction of sp³-hybridized carbons (Fsp3) is 0.200. The standard InChI is InChI=1S/C10H11N5O3/c1-4-8(5(2)13-12-4)9(16)11-7-3-6(10(17)18)14-15-7/h3H,1-2H3,(H,12,13)(H,17,18)(H2,11,14,15,16). The molecule has 18 heavy (non-hydrogen) atoms. The van der Waals surface area contributed by atoms with Crippen molar-refractivity contribution in [1.82, 2.24) is 20.4 Å². The van der Waals surface area contributed by atoms with E-state index in [0.29, 0.717) is 17.0 Å². The molecule has 0 fully saturated rings. The third-order valence-corrected chi connectivity index (χ3v) is 2.41. The van der Waals surface area contributed by atoms with Gasteiger partial charge in [0.25, 0.3) is 5.91 Å². The average molecular weight is 249 g/mol. The van der Waals surface area contributed by atoms with Crippen molar-refractivity contribution in [1.29, 1.82) is 0 Å². The van der Waals surface area contributed by atoms with Gasteiger partial charge in [-0.3, -0.25) is 15.0 Å². The van der Waals surface area contributed by atoms with E-state index in [-0.39, 0.29) is 17.4 Å². The van der Waals surface area contributed by atoms with Gasteiger partial charge in [-0.15, -0.1) is 0 Å². The Morgan fingerprint density at radius 3 is 2.50 bits per heavy atom. The largest absolute Gasteiger partial charge is 0.477 e. The van der Waals surface area contributed by atoms with Crippen LogP contribution >= 0.6 is 0 Å². The molecule has 0 atom stereocenters. The zero-order valence-electron chi connectivity index (χ0n) is 9.74. The van der Waals surface area contributed by atoms with E-state index in [2.05, 4.69) is 25.7 Å². The van der Waals surface area contributed by atoms with Gasteiger partial charge in [0.1, 0.15) is 5.69 Å². The molecule has 94 valence electrons. The van der Waals surface area contributed by atoms with Gasteiger partial charge in [0.15, 0.2) is 5.82 Å². The molecule has 8 nitrogen and oxygen atoms in total. The van der Waals surface area contributed by atoms with Crippen LogP contribution < -0.4 is 5.32 Å². The topological polar surface area (TPSA) is 124 Å². The Balaban J connectivity index is 2.19. The molecule has 2 heterocycles. The number of anilines is 1. The first-order valence-electron chi connectivity index (χ1n) is 5.10. The molecule has 0 saturated heterocycles. The lowest BCUT2D eigenvalue weighted by Crippen LogP contribution is -2.14. The number of carbonyl (C=O) groups excluding carboxylic acids is 1. The first kappa shape index (κ1) is 11.8. The molecule has 2 rings (SSSR count). The molecule has 2 aromatic heterocycles. The van der Waals surface area contributed by atoms with E-state index in [4.69, 9.17) is 5.11 Å². The number of carbonyl (C=O) groups is 2. The summed E-state index contributed by atoms with van der Waals surface area (Å²) in [6.45, 7) is 3.42. The number of hydrogen-bond donors (Lipinski definition) is 4. The fourth-order valence-corrected chi connectivity index (χ4v) is 1.56. The van der Waals surface area contributed by atoms with Gasteiger partial charge in [0.05, 0.1) is 11.3 Å². The van der Waals surface area contributed by atoms with E-state index >= 15 is 0 Å². The Hall–Kier alpha value is -2.64. The quantitative estimate of drug-likeness (QED) is 0.637. The minimum Gasteiger partial charge on any atom is -0.477 e. The van der Waals surface area contributed by atoms with Crippen LogP contribution in [0.5, 0.6) is 0 Å². The van der Waals surface area contributed by atoms with Gasteiger partial charge in [0, 0.05) is 11.8 Å². The second-order valence-corrected chi connectivity index (χ2v) is 3.74. The summed E-state index contributed by atoms with van der Waals surface area (Å²) >= 11 is 0. The number of nitrogens with zero attached hydrogens (tertiary/aromatic N) is 2. The van der Waals surface area contributed by atoms with Crippen LogP contribution in [0.15, 0.2) is 6.07 Å². The number of hydrogen-bond acceptors (Lipinski definition) is 4. The van der Waals surface area contributed by atoms with E-state index in [9.17, 15) is 9.59 Å². The molecular formula is C10H11N5O3. The summed E-state index contributed by atoms with van der Waals surface area (Å²) < 4.78 is 0. The van der Waals surface area contributed by atoms with Crippen molar-refractivity contribution in [2.45, 2.75) is 13.8 Å². The summed E-state index contributed by atoms with van der Waals surface area (Å²) in [5, 5.41) is 23.8. The lowest BCUT2D eigenvalue weighted by Gasteiger charge is -2.00. The molecule has 2 aromatic rings. The summed E-state index contributed by atoms with van der Waals surface area (Å²) in [4.78, 5) is 22.6. The highest BCUT2D eigenvalue weighted by molar-refractivity contribution is 6.05. The smallest absolute Gasteiger partial charge is 0.353 e. The monoisotopic (exact) mass is 249 g/mol. The van der Waals surface area contributed by atoms with Gasteiger partial charge in [-0.2, -0.15) is 10.2 Å². The minimum atomic E-state index is -1.14. The number of aromatic amines is 2. The van der Waals surface area contributed by atoms with Crippen molar-refractivity contribution in [2.24, 2.45) is 0 Å². The van der Waals surface area contributed by atoms with Crippen molar-refractivity contribution in [3.8, 4) is 0 Å². The second kappa shape index (κ2) is 4.32. The molecule has 8 heteroatoms. The molecule has 1 amide bonds. The highest BCUT2D eigenvalue weighted by atomic mass is 16.4. The summed E-state index contributed by atoms with van der Waals surface area (Å²) in [7, 11) is 0. The zero-order valence-corrected chi connectivity index (χ0v) is 9.74. The first-order valence-corrected chi connectivity index (χ1v) is 5.10. The van der Waals surface area contributed by atoms with Gasteiger partial charge < -0.3 is 10.4 Å². The number of carboxylic acids is 1. The van der Waals surface area contributed by atoms with Crippen LogP contribution in [0.3, 0.4) is 0 Å². The number of carboxylic acid groups (broad SMARTS) is 1. The predicted octanol–water partition coefficient (Wildman–Crippen LogP) is 0.700. The van der Waals surface area contributed by atoms with Crippen molar-refractivity contribution < 1.29 is 14.7 Å². The maximum absolute atomic E-state index is 11.9. The molecule has 0 radical (unpaired) electrons. The Morgan fingerprint density at radius 1 is 1.28 bits per heavy atom. The van der Waals surface area contributed by atoms with E-state index in [1.165, 1.54) is 6.07 Å². The number of nitrogens with one attached hydrogen (secondary N) is 3. The Morgan fingerprint density at radius 2 is 2.00 bits per heavy atom. The number of rotatable bonds is 3. The molecule has 0 aliphatic carbocycles. The lowest BCUT2D eigenvalue weighted by atomic mass is 10.2. The summed E-state index contributed by atoms with van der Waals surface area (Å²) in [6.07, 6.45) is 0. The number of aryl methyl sites for hydroxylation is 2. The normalized spacial score (nSPS) is 10.3. The number of H-pyrrole nitrogens is 2. The molecule has 0 saturated carbocycles. The van der Waals surface area contributed by atoms with Crippen molar-refractivity contribution >= 4 is 17.7 Å². The van der Waals surface area contributed by atoms with Crippen LogP contribution in [-0.4, -0.2) is 37.4 Å². The molecule has 0 aliphatic heterocycles. The second-order valence-electron chi connectivity index (χ2n) is 3.74. The van der Waals surface area contributed by atoms with Gasteiger partial charge in [-0.1, -0.05) is 0 Å². The van der Waals surface area contributed by atoms with Crippen LogP contribution in [0, 0.1) is 13.8 Å². The molecule has 0 unspecified atom stereocenters. The first-order chi connectivity index (χ1) is 8.49. The minimum absolute atomic E-state index is 0.0917. The predicted molar refractivity (Wildman–Crippen MR) is 61.6 cm³/mol. The van der Waals surface area contributed by atoms with Crippen LogP contribution in [0.2, 0.25) is 0 Å². The van der Waals surface area contributed by atoms with Crippen LogP contribution in [0.4, 0.5) is 5.82 Å².